The van der Waals surface area contributed by atoms with Crippen molar-refractivity contribution in [2.24, 2.45) is 5.41 Å². The van der Waals surface area contributed by atoms with Gasteiger partial charge in [-0.1, -0.05) is 17.7 Å². The van der Waals surface area contributed by atoms with Gasteiger partial charge in [0.15, 0.2) is 0 Å². The lowest BCUT2D eigenvalue weighted by atomic mass is 9.98. The Labute approximate surface area is 137 Å². The van der Waals surface area contributed by atoms with E-state index >= 15 is 0 Å². The van der Waals surface area contributed by atoms with Crippen molar-refractivity contribution >= 4 is 16.1 Å². The summed E-state index contributed by atoms with van der Waals surface area (Å²) < 4.78 is 29.7. The first-order valence-electron chi connectivity index (χ1n) is 7.55. The van der Waals surface area contributed by atoms with Crippen molar-refractivity contribution in [3.05, 3.63) is 29.8 Å². The molecule has 0 unspecified atom stereocenters. The van der Waals surface area contributed by atoms with Crippen LogP contribution in [0.25, 0.3) is 0 Å². The van der Waals surface area contributed by atoms with Gasteiger partial charge in [0.25, 0.3) is 10.1 Å². The van der Waals surface area contributed by atoms with E-state index in [1.54, 1.807) is 32.9 Å². The van der Waals surface area contributed by atoms with Crippen LogP contribution in [0, 0.1) is 12.3 Å². The summed E-state index contributed by atoms with van der Waals surface area (Å²) in [4.78, 5) is 17.2. The van der Waals surface area contributed by atoms with E-state index in [1.165, 1.54) is 17.2 Å². The minimum Gasteiger partial charge on any atom is -0.367 e. The predicted molar refractivity (Wildman–Crippen MR) is 85.0 cm³/mol. The zero-order chi connectivity index (χ0) is 17.3. The van der Waals surface area contributed by atoms with Crippen LogP contribution in [0.5, 0.6) is 0 Å². The van der Waals surface area contributed by atoms with E-state index in [-0.39, 0.29) is 17.4 Å². The smallest absolute Gasteiger partial charge is 0.330 e. The molecule has 1 fully saturated rings. The minimum atomic E-state index is -3.81. The lowest BCUT2D eigenvalue weighted by Gasteiger charge is -2.21. The van der Waals surface area contributed by atoms with Gasteiger partial charge in [0.1, 0.15) is 0 Å². The summed E-state index contributed by atoms with van der Waals surface area (Å²) in [6.45, 7) is 7.88. The normalized spacial score (nSPS) is 19.7. The number of hydrogen-bond donors (Lipinski definition) is 0. The minimum absolute atomic E-state index is 0.133. The van der Waals surface area contributed by atoms with Gasteiger partial charge in [-0.25, -0.2) is 4.79 Å². The first kappa shape index (κ1) is 17.9. The summed E-state index contributed by atoms with van der Waals surface area (Å²) in [6, 6.07) is 6.50. The second-order valence-electron chi connectivity index (χ2n) is 6.79. The maximum atomic E-state index is 12.2. The third-order valence-corrected chi connectivity index (χ3v) is 4.88. The van der Waals surface area contributed by atoms with Crippen molar-refractivity contribution in [1.82, 2.24) is 5.06 Å². The summed E-state index contributed by atoms with van der Waals surface area (Å²) in [5, 5.41) is 1.46. The fourth-order valence-electron chi connectivity index (χ4n) is 2.05. The Hall–Kier alpha value is -1.44. The van der Waals surface area contributed by atoms with Crippen LogP contribution in [-0.2, 0) is 23.9 Å². The molecule has 0 aliphatic carbocycles. The largest absolute Gasteiger partial charge is 0.367 e. The molecule has 128 valence electrons. The average molecular weight is 341 g/mol. The Morgan fingerprint density at radius 1 is 1.22 bits per heavy atom. The van der Waals surface area contributed by atoms with Crippen LogP contribution in [-0.4, -0.2) is 38.6 Å². The molecule has 1 aliphatic rings. The lowest BCUT2D eigenvalue weighted by Crippen LogP contribution is -2.33. The highest BCUT2D eigenvalue weighted by atomic mass is 32.2. The molecular weight excluding hydrogens is 318 g/mol. The summed E-state index contributed by atoms with van der Waals surface area (Å²) in [7, 11) is -3.81. The third kappa shape index (κ3) is 4.76. The second kappa shape index (κ2) is 6.59. The van der Waals surface area contributed by atoms with Gasteiger partial charge in [-0.05, 0) is 46.2 Å². The van der Waals surface area contributed by atoms with E-state index in [0.29, 0.717) is 13.0 Å². The Balaban J connectivity index is 1.95. The van der Waals surface area contributed by atoms with Crippen molar-refractivity contribution in [2.45, 2.75) is 45.1 Å². The monoisotopic (exact) mass is 341 g/mol. The molecule has 1 heterocycles. The summed E-state index contributed by atoms with van der Waals surface area (Å²) >= 11 is 0. The number of hydrogen-bond acceptors (Lipinski definition) is 6. The maximum absolute atomic E-state index is 12.2. The topological polar surface area (TPSA) is 72.9 Å². The molecule has 0 N–H and O–H groups in total. The number of rotatable bonds is 4. The summed E-state index contributed by atoms with van der Waals surface area (Å²) in [5.41, 5.74) is 0.373. The Kier molecular flexibility index (Phi) is 5.13. The molecule has 1 aliphatic heterocycles. The van der Waals surface area contributed by atoms with Crippen LogP contribution in [0.15, 0.2) is 29.2 Å². The van der Waals surface area contributed by atoms with Crippen LogP contribution in [0.4, 0.5) is 0 Å². The fraction of sp³-hybridized carbons (Fsp3) is 0.562. The molecule has 0 amide bonds. The summed E-state index contributed by atoms with van der Waals surface area (Å²) in [6.07, 6.45) is -0.0308. The van der Waals surface area contributed by atoms with Crippen molar-refractivity contribution in [1.29, 1.82) is 0 Å². The zero-order valence-electron chi connectivity index (χ0n) is 13.9. The van der Waals surface area contributed by atoms with Gasteiger partial charge in [-0.3, -0.25) is 4.18 Å². The van der Waals surface area contributed by atoms with Gasteiger partial charge in [-0.2, -0.15) is 8.42 Å². The molecule has 0 bridgehead atoms. The maximum Gasteiger partial charge on any atom is 0.330 e. The number of carbonyl (C=O) groups is 1. The molecule has 0 saturated carbocycles. The quantitative estimate of drug-likeness (QED) is 0.782. The van der Waals surface area contributed by atoms with Gasteiger partial charge in [-0.15, -0.1) is 5.06 Å². The molecule has 23 heavy (non-hydrogen) atoms. The lowest BCUT2D eigenvalue weighted by molar-refractivity contribution is -0.196. The van der Waals surface area contributed by atoms with Crippen LogP contribution in [0.3, 0.4) is 0 Å². The second-order valence-corrected chi connectivity index (χ2v) is 8.36. The van der Waals surface area contributed by atoms with Gasteiger partial charge >= 0.3 is 5.97 Å². The molecule has 0 radical (unpaired) electrons. The summed E-state index contributed by atoms with van der Waals surface area (Å²) in [5.74, 6) is -0.348. The number of benzene rings is 1. The van der Waals surface area contributed by atoms with Crippen molar-refractivity contribution in [2.75, 3.05) is 13.1 Å². The molecule has 1 aromatic rings. The molecule has 0 spiro atoms. The van der Waals surface area contributed by atoms with Crippen LogP contribution in [0.1, 0.15) is 32.8 Å². The molecular formula is C16H23NO5S. The van der Waals surface area contributed by atoms with Crippen LogP contribution >= 0.6 is 0 Å². The molecule has 6 nitrogen and oxygen atoms in total. The number of nitrogens with zero attached hydrogens (tertiary/aromatic N) is 1. The zero-order valence-corrected chi connectivity index (χ0v) is 14.7. The SMILES string of the molecule is Cc1ccc(S(=O)(=O)O[C@H]2CCN(OC(=O)C(C)(C)C)C2)cc1. The van der Waals surface area contributed by atoms with E-state index in [1.807, 2.05) is 6.92 Å². The van der Waals surface area contributed by atoms with E-state index in [0.717, 1.165) is 5.56 Å². The van der Waals surface area contributed by atoms with Gasteiger partial charge in [0, 0.05) is 6.54 Å². The van der Waals surface area contributed by atoms with Crippen LogP contribution < -0.4 is 0 Å². The molecule has 1 saturated heterocycles. The highest BCUT2D eigenvalue weighted by molar-refractivity contribution is 7.86. The molecule has 0 aromatic heterocycles. The van der Waals surface area contributed by atoms with Crippen molar-refractivity contribution in [3.8, 4) is 0 Å². The highest BCUT2D eigenvalue weighted by Crippen LogP contribution is 2.22. The van der Waals surface area contributed by atoms with Crippen LogP contribution in [0.2, 0.25) is 0 Å². The number of hydroxylamine groups is 2. The van der Waals surface area contributed by atoms with E-state index in [9.17, 15) is 13.2 Å². The van der Waals surface area contributed by atoms with E-state index in [2.05, 4.69) is 0 Å². The standard InChI is InChI=1S/C16H23NO5S/c1-12-5-7-14(8-6-12)23(19,20)22-13-9-10-17(11-13)21-15(18)16(2,3)4/h5-8,13H,9-11H2,1-4H3/t13-/m0/s1. The van der Waals surface area contributed by atoms with E-state index in [4.69, 9.17) is 9.02 Å². The average Bonchev–Trinajstić information content (AvgIpc) is 2.84. The van der Waals surface area contributed by atoms with Crippen molar-refractivity contribution < 1.29 is 22.2 Å². The first-order chi connectivity index (χ1) is 10.6. The van der Waals surface area contributed by atoms with Gasteiger partial charge in [0.2, 0.25) is 0 Å². The highest BCUT2D eigenvalue weighted by Gasteiger charge is 2.33. The molecule has 2 rings (SSSR count). The predicted octanol–water partition coefficient (Wildman–Crippen LogP) is 2.28. The Bertz CT molecular complexity index is 661. The number of carbonyl (C=O) groups excluding carboxylic acids is 1. The van der Waals surface area contributed by atoms with Gasteiger partial charge in [0.05, 0.1) is 23.0 Å². The molecule has 1 atom stereocenters. The van der Waals surface area contributed by atoms with Gasteiger partial charge < -0.3 is 4.84 Å². The Morgan fingerprint density at radius 3 is 2.39 bits per heavy atom. The fourth-order valence-corrected chi connectivity index (χ4v) is 3.15. The Morgan fingerprint density at radius 2 is 1.83 bits per heavy atom. The number of aryl methyl sites for hydroxylation is 1. The first-order valence-corrected chi connectivity index (χ1v) is 8.96. The van der Waals surface area contributed by atoms with Crippen molar-refractivity contribution in [3.63, 3.8) is 0 Å². The third-order valence-electron chi connectivity index (χ3n) is 3.50. The molecule has 7 heteroatoms. The molecule has 1 aromatic carbocycles. The van der Waals surface area contributed by atoms with E-state index < -0.39 is 21.6 Å².